The number of rotatable bonds is 3. The van der Waals surface area contributed by atoms with Crippen molar-refractivity contribution in [3.05, 3.63) is 30.1 Å². The highest BCUT2D eigenvalue weighted by Crippen LogP contribution is 2.29. The predicted molar refractivity (Wildman–Crippen MR) is 77.2 cm³/mol. The molecule has 0 bridgehead atoms. The molecule has 4 heteroatoms. The molecule has 1 atom stereocenters. The SMILES string of the molecule is CC(C)(C)c1nc2ccccc2n1C(CN)CCl. The molecular weight excluding hydrogens is 246 g/mol. The molecule has 0 aliphatic heterocycles. The fraction of sp³-hybridized carbons (Fsp3) is 0.500. The van der Waals surface area contributed by atoms with E-state index in [1.165, 1.54) is 0 Å². The van der Waals surface area contributed by atoms with Gasteiger partial charge in [0.15, 0.2) is 0 Å². The molecule has 0 amide bonds. The van der Waals surface area contributed by atoms with Crippen LogP contribution in [0.1, 0.15) is 32.6 Å². The van der Waals surface area contributed by atoms with Gasteiger partial charge in [-0.25, -0.2) is 4.98 Å². The number of nitrogens with zero attached hydrogens (tertiary/aromatic N) is 2. The van der Waals surface area contributed by atoms with E-state index >= 15 is 0 Å². The molecule has 0 saturated heterocycles. The smallest absolute Gasteiger partial charge is 0.115 e. The molecule has 1 aromatic carbocycles. The zero-order valence-corrected chi connectivity index (χ0v) is 11.9. The second kappa shape index (κ2) is 4.90. The van der Waals surface area contributed by atoms with Gasteiger partial charge in [0.1, 0.15) is 5.82 Å². The molecule has 0 aliphatic rings. The molecule has 0 fully saturated rings. The summed E-state index contributed by atoms with van der Waals surface area (Å²) < 4.78 is 2.20. The van der Waals surface area contributed by atoms with Crippen LogP contribution in [0, 0.1) is 0 Å². The van der Waals surface area contributed by atoms with Crippen molar-refractivity contribution in [2.75, 3.05) is 12.4 Å². The van der Waals surface area contributed by atoms with E-state index in [2.05, 4.69) is 31.4 Å². The fourth-order valence-corrected chi connectivity index (χ4v) is 2.44. The molecule has 0 aliphatic carbocycles. The molecular formula is C14H20ClN3. The molecule has 2 N–H and O–H groups in total. The summed E-state index contributed by atoms with van der Waals surface area (Å²) in [5, 5.41) is 0. The second-order valence-corrected chi connectivity index (χ2v) is 5.90. The van der Waals surface area contributed by atoms with Crippen molar-refractivity contribution >= 4 is 22.6 Å². The number of aromatic nitrogens is 2. The first kappa shape index (κ1) is 13.4. The Morgan fingerprint density at radius 3 is 2.56 bits per heavy atom. The second-order valence-electron chi connectivity index (χ2n) is 5.59. The van der Waals surface area contributed by atoms with Gasteiger partial charge in [-0.2, -0.15) is 0 Å². The number of imidazole rings is 1. The quantitative estimate of drug-likeness (QED) is 0.867. The Kier molecular flexibility index (Phi) is 3.64. The number of fused-ring (bicyclic) bond motifs is 1. The van der Waals surface area contributed by atoms with Gasteiger partial charge < -0.3 is 10.3 Å². The van der Waals surface area contributed by atoms with Crippen molar-refractivity contribution in [2.24, 2.45) is 5.73 Å². The molecule has 0 spiro atoms. The van der Waals surface area contributed by atoms with Crippen LogP contribution in [-0.2, 0) is 5.41 Å². The van der Waals surface area contributed by atoms with Gasteiger partial charge in [-0.3, -0.25) is 0 Å². The number of nitrogens with two attached hydrogens (primary N) is 1. The molecule has 18 heavy (non-hydrogen) atoms. The zero-order valence-electron chi connectivity index (χ0n) is 11.2. The normalized spacial score (nSPS) is 14.1. The van der Waals surface area contributed by atoms with E-state index in [1.807, 2.05) is 18.2 Å². The summed E-state index contributed by atoms with van der Waals surface area (Å²) >= 11 is 6.05. The van der Waals surface area contributed by atoms with Gasteiger partial charge in [0.2, 0.25) is 0 Å². The molecule has 1 aromatic heterocycles. The monoisotopic (exact) mass is 265 g/mol. The van der Waals surface area contributed by atoms with E-state index in [0.29, 0.717) is 12.4 Å². The van der Waals surface area contributed by atoms with E-state index in [9.17, 15) is 0 Å². The third-order valence-corrected chi connectivity index (χ3v) is 3.44. The predicted octanol–water partition coefficient (Wildman–Crippen LogP) is 3.07. The lowest BCUT2D eigenvalue weighted by Gasteiger charge is -2.24. The van der Waals surface area contributed by atoms with Crippen LogP contribution in [-0.4, -0.2) is 22.0 Å². The number of benzene rings is 1. The van der Waals surface area contributed by atoms with Crippen molar-refractivity contribution in [1.82, 2.24) is 9.55 Å². The fourth-order valence-electron chi connectivity index (χ4n) is 2.18. The summed E-state index contributed by atoms with van der Waals surface area (Å²) in [4.78, 5) is 4.75. The van der Waals surface area contributed by atoms with Crippen molar-refractivity contribution in [2.45, 2.75) is 32.2 Å². The van der Waals surface area contributed by atoms with Gasteiger partial charge in [0, 0.05) is 17.8 Å². The Hall–Kier alpha value is -1.06. The molecule has 98 valence electrons. The third kappa shape index (κ3) is 2.25. The highest BCUT2D eigenvalue weighted by Gasteiger charge is 2.25. The van der Waals surface area contributed by atoms with Crippen LogP contribution in [0.25, 0.3) is 11.0 Å². The Morgan fingerprint density at radius 1 is 1.33 bits per heavy atom. The Balaban J connectivity index is 2.73. The number of alkyl halides is 1. The van der Waals surface area contributed by atoms with Crippen LogP contribution in [0.15, 0.2) is 24.3 Å². The van der Waals surface area contributed by atoms with Gasteiger partial charge in [-0.15, -0.1) is 11.6 Å². The molecule has 1 unspecified atom stereocenters. The average molecular weight is 266 g/mol. The molecule has 0 saturated carbocycles. The lowest BCUT2D eigenvalue weighted by atomic mass is 9.95. The zero-order chi connectivity index (χ0) is 13.3. The Morgan fingerprint density at radius 2 is 2.00 bits per heavy atom. The minimum absolute atomic E-state index is 0.0293. The summed E-state index contributed by atoms with van der Waals surface area (Å²) in [7, 11) is 0. The van der Waals surface area contributed by atoms with Crippen LogP contribution in [0.3, 0.4) is 0 Å². The topological polar surface area (TPSA) is 43.8 Å². The molecule has 1 heterocycles. The van der Waals surface area contributed by atoms with E-state index < -0.39 is 0 Å². The van der Waals surface area contributed by atoms with Crippen LogP contribution in [0.4, 0.5) is 0 Å². The van der Waals surface area contributed by atoms with Crippen LogP contribution in [0.2, 0.25) is 0 Å². The maximum Gasteiger partial charge on any atom is 0.115 e. The van der Waals surface area contributed by atoms with Crippen molar-refractivity contribution in [3.63, 3.8) is 0 Å². The van der Waals surface area contributed by atoms with E-state index in [4.69, 9.17) is 22.3 Å². The van der Waals surface area contributed by atoms with E-state index in [-0.39, 0.29) is 11.5 Å². The Labute approximate surface area is 113 Å². The van der Waals surface area contributed by atoms with E-state index in [1.54, 1.807) is 0 Å². The molecule has 3 nitrogen and oxygen atoms in total. The van der Waals surface area contributed by atoms with Gasteiger partial charge in [-0.05, 0) is 12.1 Å². The van der Waals surface area contributed by atoms with Gasteiger partial charge >= 0.3 is 0 Å². The number of para-hydroxylation sites is 2. The van der Waals surface area contributed by atoms with Gasteiger partial charge in [0.25, 0.3) is 0 Å². The van der Waals surface area contributed by atoms with Gasteiger partial charge in [-0.1, -0.05) is 32.9 Å². The van der Waals surface area contributed by atoms with Crippen molar-refractivity contribution < 1.29 is 0 Å². The van der Waals surface area contributed by atoms with Crippen LogP contribution in [0.5, 0.6) is 0 Å². The summed E-state index contributed by atoms with van der Waals surface area (Å²) in [5.41, 5.74) is 7.93. The number of halogens is 1. The van der Waals surface area contributed by atoms with Crippen LogP contribution < -0.4 is 5.73 Å². The van der Waals surface area contributed by atoms with Crippen LogP contribution >= 0.6 is 11.6 Å². The summed E-state index contributed by atoms with van der Waals surface area (Å²) in [5.74, 6) is 1.54. The van der Waals surface area contributed by atoms with Crippen molar-refractivity contribution in [3.8, 4) is 0 Å². The van der Waals surface area contributed by atoms with Gasteiger partial charge in [0.05, 0.1) is 17.1 Å². The minimum atomic E-state index is -0.0293. The largest absolute Gasteiger partial charge is 0.328 e. The maximum atomic E-state index is 6.05. The highest BCUT2D eigenvalue weighted by atomic mass is 35.5. The number of hydrogen-bond donors (Lipinski definition) is 1. The minimum Gasteiger partial charge on any atom is -0.328 e. The first-order chi connectivity index (χ1) is 8.49. The molecule has 0 radical (unpaired) electrons. The van der Waals surface area contributed by atoms with E-state index in [0.717, 1.165) is 16.9 Å². The first-order valence-corrected chi connectivity index (χ1v) is 6.76. The highest BCUT2D eigenvalue weighted by molar-refractivity contribution is 6.18. The lowest BCUT2D eigenvalue weighted by molar-refractivity contribution is 0.466. The molecule has 2 rings (SSSR count). The summed E-state index contributed by atoms with van der Waals surface area (Å²) in [6.07, 6.45) is 0. The summed E-state index contributed by atoms with van der Waals surface area (Å²) in [6.45, 7) is 7.00. The standard InChI is InChI=1S/C14H20ClN3/c1-14(2,3)13-17-11-6-4-5-7-12(11)18(13)10(8-15)9-16/h4-7,10H,8-9,16H2,1-3H3. The third-order valence-electron chi connectivity index (χ3n) is 3.08. The maximum absolute atomic E-state index is 6.05. The number of hydrogen-bond acceptors (Lipinski definition) is 2. The average Bonchev–Trinajstić information content (AvgIpc) is 2.71. The Bertz CT molecular complexity index is 535. The summed E-state index contributed by atoms with van der Waals surface area (Å²) in [6, 6.07) is 8.22. The van der Waals surface area contributed by atoms with Crippen molar-refractivity contribution in [1.29, 1.82) is 0 Å². The lowest BCUT2D eigenvalue weighted by Crippen LogP contribution is -2.27. The molecule has 2 aromatic rings. The first-order valence-electron chi connectivity index (χ1n) is 6.22.